The number of pyridine rings is 1. The third-order valence-corrected chi connectivity index (χ3v) is 2.73. The molecule has 0 fully saturated rings. The van der Waals surface area contributed by atoms with Gasteiger partial charge in [-0.1, -0.05) is 29.3 Å². The fourth-order valence-corrected chi connectivity index (χ4v) is 1.85. The van der Waals surface area contributed by atoms with E-state index in [0.29, 0.717) is 10.0 Å². The number of benzene rings is 1. The van der Waals surface area contributed by atoms with Gasteiger partial charge in [-0.15, -0.1) is 0 Å². The molecule has 0 saturated heterocycles. The SMILES string of the molecule is Clc1ccc(C[n+]2ccccc2)c(Cl)c1.[Br-]. The Morgan fingerprint density at radius 2 is 1.69 bits per heavy atom. The molecule has 1 nitrogen and oxygen atoms in total. The molecule has 0 aliphatic heterocycles. The average molecular weight is 319 g/mol. The molecule has 0 aliphatic carbocycles. The Kier molecular flexibility index (Phi) is 5.26. The molecule has 0 atom stereocenters. The summed E-state index contributed by atoms with van der Waals surface area (Å²) in [5.74, 6) is 0. The molecule has 0 spiro atoms. The molecule has 16 heavy (non-hydrogen) atoms. The summed E-state index contributed by atoms with van der Waals surface area (Å²) < 4.78 is 2.06. The zero-order valence-corrected chi connectivity index (χ0v) is 11.5. The van der Waals surface area contributed by atoms with Crippen LogP contribution in [-0.2, 0) is 6.54 Å². The smallest absolute Gasteiger partial charge is 0.175 e. The van der Waals surface area contributed by atoms with Gasteiger partial charge in [0.25, 0.3) is 0 Å². The lowest BCUT2D eigenvalue weighted by Crippen LogP contribution is -3.00. The van der Waals surface area contributed by atoms with Gasteiger partial charge in [0.1, 0.15) is 0 Å². The highest BCUT2D eigenvalue weighted by atomic mass is 79.9. The molecular weight excluding hydrogens is 309 g/mol. The summed E-state index contributed by atoms with van der Waals surface area (Å²) in [7, 11) is 0. The fraction of sp³-hybridized carbons (Fsp3) is 0.0833. The van der Waals surface area contributed by atoms with Crippen LogP contribution in [0.4, 0.5) is 0 Å². The molecule has 1 aromatic heterocycles. The largest absolute Gasteiger partial charge is 1.00 e. The van der Waals surface area contributed by atoms with E-state index in [2.05, 4.69) is 4.57 Å². The number of aromatic nitrogens is 1. The van der Waals surface area contributed by atoms with Crippen molar-refractivity contribution in [3.63, 3.8) is 0 Å². The molecule has 0 radical (unpaired) electrons. The minimum Gasteiger partial charge on any atom is -1.00 e. The minimum atomic E-state index is 0. The molecule has 84 valence electrons. The molecular formula is C12H10BrCl2N. The summed E-state index contributed by atoms with van der Waals surface area (Å²) in [6.07, 6.45) is 4.01. The van der Waals surface area contributed by atoms with Gasteiger partial charge in [-0.2, -0.15) is 0 Å². The predicted octanol–water partition coefficient (Wildman–Crippen LogP) is 0.333. The van der Waals surface area contributed by atoms with Crippen LogP contribution in [0.2, 0.25) is 10.0 Å². The van der Waals surface area contributed by atoms with Crippen LogP contribution in [0.1, 0.15) is 5.56 Å². The Morgan fingerprint density at radius 1 is 1.00 bits per heavy atom. The third kappa shape index (κ3) is 3.48. The summed E-state index contributed by atoms with van der Waals surface area (Å²) in [5, 5.41) is 1.38. The lowest BCUT2D eigenvalue weighted by molar-refractivity contribution is -0.688. The van der Waals surface area contributed by atoms with Gasteiger partial charge < -0.3 is 17.0 Å². The molecule has 0 unspecified atom stereocenters. The molecule has 0 N–H and O–H groups in total. The van der Waals surface area contributed by atoms with Crippen molar-refractivity contribution in [2.45, 2.75) is 6.54 Å². The van der Waals surface area contributed by atoms with Gasteiger partial charge in [0.2, 0.25) is 0 Å². The van der Waals surface area contributed by atoms with Gasteiger partial charge in [-0.3, -0.25) is 0 Å². The predicted molar refractivity (Wildman–Crippen MR) is 62.2 cm³/mol. The first-order chi connectivity index (χ1) is 7.25. The second kappa shape index (κ2) is 6.24. The van der Waals surface area contributed by atoms with Crippen molar-refractivity contribution in [1.82, 2.24) is 0 Å². The Morgan fingerprint density at radius 3 is 2.31 bits per heavy atom. The van der Waals surface area contributed by atoms with E-state index in [4.69, 9.17) is 23.2 Å². The van der Waals surface area contributed by atoms with Crippen molar-refractivity contribution < 1.29 is 21.5 Å². The molecule has 0 bridgehead atoms. The summed E-state index contributed by atoms with van der Waals surface area (Å²) in [6, 6.07) is 11.5. The van der Waals surface area contributed by atoms with E-state index >= 15 is 0 Å². The van der Waals surface area contributed by atoms with E-state index in [1.54, 1.807) is 6.07 Å². The molecule has 4 heteroatoms. The quantitative estimate of drug-likeness (QED) is 0.703. The van der Waals surface area contributed by atoms with Crippen molar-refractivity contribution in [3.05, 3.63) is 64.4 Å². The van der Waals surface area contributed by atoms with Crippen molar-refractivity contribution in [2.75, 3.05) is 0 Å². The molecule has 2 aromatic rings. The summed E-state index contributed by atoms with van der Waals surface area (Å²) in [4.78, 5) is 0. The maximum absolute atomic E-state index is 6.08. The van der Waals surface area contributed by atoms with E-state index in [9.17, 15) is 0 Å². The second-order valence-electron chi connectivity index (χ2n) is 3.28. The monoisotopic (exact) mass is 317 g/mol. The van der Waals surface area contributed by atoms with Crippen LogP contribution in [0, 0.1) is 0 Å². The first-order valence-corrected chi connectivity index (χ1v) is 5.39. The lowest BCUT2D eigenvalue weighted by Gasteiger charge is -2.00. The number of hydrogen-bond donors (Lipinski definition) is 0. The molecule has 0 aliphatic rings. The highest BCUT2D eigenvalue weighted by Gasteiger charge is 2.06. The first-order valence-electron chi connectivity index (χ1n) is 4.64. The van der Waals surface area contributed by atoms with Crippen LogP contribution in [0.3, 0.4) is 0 Å². The van der Waals surface area contributed by atoms with Crippen LogP contribution in [-0.4, -0.2) is 0 Å². The van der Waals surface area contributed by atoms with Gasteiger partial charge in [-0.25, -0.2) is 4.57 Å². The van der Waals surface area contributed by atoms with Crippen molar-refractivity contribution in [2.24, 2.45) is 0 Å². The Bertz CT molecular complexity index is 460. The molecule has 1 aromatic carbocycles. The van der Waals surface area contributed by atoms with E-state index < -0.39 is 0 Å². The fourth-order valence-electron chi connectivity index (χ4n) is 1.39. The van der Waals surface area contributed by atoms with Crippen LogP contribution >= 0.6 is 23.2 Å². The normalized spacial score (nSPS) is 9.62. The van der Waals surface area contributed by atoms with Crippen LogP contribution in [0.5, 0.6) is 0 Å². The Labute approximate surface area is 115 Å². The maximum Gasteiger partial charge on any atom is 0.175 e. The number of hydrogen-bond acceptors (Lipinski definition) is 0. The first kappa shape index (κ1) is 13.5. The van der Waals surface area contributed by atoms with Crippen molar-refractivity contribution in [3.8, 4) is 0 Å². The summed E-state index contributed by atoms with van der Waals surface area (Å²) >= 11 is 11.9. The second-order valence-corrected chi connectivity index (χ2v) is 4.13. The van der Waals surface area contributed by atoms with Gasteiger partial charge in [0.05, 0.1) is 5.02 Å². The summed E-state index contributed by atoms with van der Waals surface area (Å²) in [6.45, 7) is 0.761. The van der Waals surface area contributed by atoms with E-state index in [-0.39, 0.29) is 17.0 Å². The van der Waals surface area contributed by atoms with Gasteiger partial charge >= 0.3 is 0 Å². The minimum absolute atomic E-state index is 0. The topological polar surface area (TPSA) is 3.88 Å². The third-order valence-electron chi connectivity index (χ3n) is 2.15. The highest BCUT2D eigenvalue weighted by molar-refractivity contribution is 6.35. The van der Waals surface area contributed by atoms with Crippen LogP contribution in [0.25, 0.3) is 0 Å². The van der Waals surface area contributed by atoms with Crippen LogP contribution in [0.15, 0.2) is 48.8 Å². The summed E-state index contributed by atoms with van der Waals surface area (Å²) in [5.41, 5.74) is 1.07. The number of halogens is 3. The van der Waals surface area contributed by atoms with E-state index in [1.165, 1.54) is 0 Å². The lowest BCUT2D eigenvalue weighted by atomic mass is 10.2. The number of rotatable bonds is 2. The van der Waals surface area contributed by atoms with Crippen molar-refractivity contribution >= 4 is 23.2 Å². The van der Waals surface area contributed by atoms with Gasteiger partial charge in [-0.05, 0) is 18.2 Å². The van der Waals surface area contributed by atoms with E-state index in [0.717, 1.165) is 12.1 Å². The van der Waals surface area contributed by atoms with E-state index in [1.807, 2.05) is 42.7 Å². The standard InChI is InChI=1S/C12H10Cl2N.BrH/c13-11-5-4-10(12(14)8-11)9-15-6-2-1-3-7-15;/h1-8H,9H2;1H/q+1;/p-1. The molecule has 0 saturated carbocycles. The van der Waals surface area contributed by atoms with Crippen LogP contribution < -0.4 is 21.5 Å². The molecule has 1 heterocycles. The zero-order valence-electron chi connectivity index (χ0n) is 8.41. The van der Waals surface area contributed by atoms with Gasteiger partial charge in [0, 0.05) is 22.7 Å². The van der Waals surface area contributed by atoms with Gasteiger partial charge in [0.15, 0.2) is 18.9 Å². The Balaban J connectivity index is 0.00000128. The Hall–Kier alpha value is -0.570. The molecule has 0 amide bonds. The highest BCUT2D eigenvalue weighted by Crippen LogP contribution is 2.20. The zero-order chi connectivity index (χ0) is 10.7. The molecule has 2 rings (SSSR count). The van der Waals surface area contributed by atoms with Crippen molar-refractivity contribution in [1.29, 1.82) is 0 Å². The average Bonchev–Trinajstić information content (AvgIpc) is 2.24. The number of nitrogens with zero attached hydrogens (tertiary/aromatic N) is 1. The maximum atomic E-state index is 6.08.